The van der Waals surface area contributed by atoms with Crippen molar-refractivity contribution >= 4 is 0 Å². The Labute approximate surface area is 98.7 Å². The summed E-state index contributed by atoms with van der Waals surface area (Å²) in [6.07, 6.45) is -1.98. The molecule has 2 saturated heterocycles. The molecular weight excluding hydrogens is 229 g/mol. The molecule has 2 unspecified atom stereocenters. The van der Waals surface area contributed by atoms with Crippen LogP contribution in [0.4, 0.5) is 4.39 Å². The molecule has 0 spiro atoms. The van der Waals surface area contributed by atoms with Crippen molar-refractivity contribution in [3.05, 3.63) is 10.4 Å². The van der Waals surface area contributed by atoms with Gasteiger partial charge in [-0.2, -0.15) is 0 Å². The molecule has 0 aromatic heterocycles. The number of hydrogen-bond acceptors (Lipinski definition) is 4. The molecule has 0 amide bonds. The average molecular weight is 245 g/mol. The van der Waals surface area contributed by atoms with E-state index < -0.39 is 30.5 Å². The summed E-state index contributed by atoms with van der Waals surface area (Å²) >= 11 is 0. The van der Waals surface area contributed by atoms with E-state index >= 15 is 0 Å². The summed E-state index contributed by atoms with van der Waals surface area (Å²) in [7, 11) is 0. The van der Waals surface area contributed by atoms with Gasteiger partial charge in [-0.1, -0.05) is 19.0 Å². The van der Waals surface area contributed by atoms with Crippen LogP contribution in [0.5, 0.6) is 0 Å². The van der Waals surface area contributed by atoms with Gasteiger partial charge in [0.1, 0.15) is 12.2 Å². The van der Waals surface area contributed by atoms with Gasteiger partial charge in [-0.25, -0.2) is 4.39 Å². The van der Waals surface area contributed by atoms with E-state index in [4.69, 9.17) is 19.7 Å². The molecule has 96 valence electrons. The van der Waals surface area contributed by atoms with Crippen molar-refractivity contribution in [3.63, 3.8) is 0 Å². The Kier molecular flexibility index (Phi) is 3.53. The zero-order valence-corrected chi connectivity index (χ0v) is 9.88. The van der Waals surface area contributed by atoms with E-state index in [1.165, 1.54) is 0 Å². The maximum absolute atomic E-state index is 13.6. The van der Waals surface area contributed by atoms with Crippen molar-refractivity contribution in [2.24, 2.45) is 5.11 Å². The zero-order valence-electron chi connectivity index (χ0n) is 9.88. The third kappa shape index (κ3) is 2.11. The van der Waals surface area contributed by atoms with Gasteiger partial charge in [0.2, 0.25) is 6.36 Å². The molecule has 17 heavy (non-hydrogen) atoms. The second-order valence-electron chi connectivity index (χ2n) is 4.22. The number of azide groups is 1. The van der Waals surface area contributed by atoms with Crippen molar-refractivity contribution < 1.29 is 18.6 Å². The first kappa shape index (κ1) is 12.6. The van der Waals surface area contributed by atoms with Crippen LogP contribution in [0.25, 0.3) is 10.4 Å². The van der Waals surface area contributed by atoms with Gasteiger partial charge in [0, 0.05) is 4.91 Å². The van der Waals surface area contributed by atoms with E-state index in [1.54, 1.807) is 0 Å². The van der Waals surface area contributed by atoms with Crippen LogP contribution in [0.3, 0.4) is 0 Å². The van der Waals surface area contributed by atoms with Crippen LogP contribution in [0.1, 0.15) is 26.7 Å². The summed E-state index contributed by atoms with van der Waals surface area (Å²) in [4.78, 5) is 2.64. The maximum Gasteiger partial charge on any atom is 0.228 e. The fourth-order valence-corrected chi connectivity index (χ4v) is 2.32. The first-order valence-corrected chi connectivity index (χ1v) is 5.82. The summed E-state index contributed by atoms with van der Waals surface area (Å²) in [5.41, 5.74) is 8.26. The number of ether oxygens (including phenoxy) is 3. The van der Waals surface area contributed by atoms with Gasteiger partial charge in [0.15, 0.2) is 5.79 Å². The topological polar surface area (TPSA) is 76.5 Å². The largest absolute Gasteiger partial charge is 0.341 e. The average Bonchev–Trinajstić information content (AvgIpc) is 2.85. The molecule has 0 bridgehead atoms. The second-order valence-corrected chi connectivity index (χ2v) is 4.22. The SMILES string of the molecule is CCC1(CC)OC2C(O1)[C@@H](CN=[N+]=[N-])O[C@H]2F. The lowest BCUT2D eigenvalue weighted by atomic mass is 10.1. The Bertz CT molecular complexity index is 331. The quantitative estimate of drug-likeness (QED) is 0.433. The Morgan fingerprint density at radius 1 is 1.29 bits per heavy atom. The van der Waals surface area contributed by atoms with Crippen LogP contribution in [-0.2, 0) is 14.2 Å². The molecule has 0 N–H and O–H groups in total. The van der Waals surface area contributed by atoms with E-state index in [9.17, 15) is 4.39 Å². The third-order valence-electron chi connectivity index (χ3n) is 3.36. The van der Waals surface area contributed by atoms with Crippen molar-refractivity contribution in [2.45, 2.75) is 57.1 Å². The minimum atomic E-state index is -1.51. The van der Waals surface area contributed by atoms with Gasteiger partial charge in [-0.3, -0.25) is 0 Å². The lowest BCUT2D eigenvalue weighted by Crippen LogP contribution is -2.34. The van der Waals surface area contributed by atoms with Crippen LogP contribution in [0.15, 0.2) is 5.11 Å². The van der Waals surface area contributed by atoms with E-state index in [0.29, 0.717) is 12.8 Å². The lowest BCUT2D eigenvalue weighted by Gasteiger charge is -2.27. The van der Waals surface area contributed by atoms with E-state index in [0.717, 1.165) is 0 Å². The Morgan fingerprint density at radius 3 is 2.53 bits per heavy atom. The molecule has 4 atom stereocenters. The number of halogens is 1. The highest BCUT2D eigenvalue weighted by atomic mass is 19.1. The zero-order chi connectivity index (χ0) is 12.5. The molecule has 0 aromatic carbocycles. The monoisotopic (exact) mass is 245 g/mol. The second kappa shape index (κ2) is 4.78. The predicted octanol–water partition coefficient (Wildman–Crippen LogP) is 2.29. The molecule has 2 fully saturated rings. The van der Waals surface area contributed by atoms with Crippen LogP contribution in [0.2, 0.25) is 0 Å². The fourth-order valence-electron chi connectivity index (χ4n) is 2.32. The predicted molar refractivity (Wildman–Crippen MR) is 56.8 cm³/mol. The molecule has 0 saturated carbocycles. The highest BCUT2D eigenvalue weighted by Gasteiger charge is 2.57. The van der Waals surface area contributed by atoms with Gasteiger partial charge in [0.05, 0.1) is 12.6 Å². The number of rotatable bonds is 4. The molecule has 2 rings (SSSR count). The molecule has 7 heteroatoms. The maximum atomic E-state index is 13.6. The standard InChI is InChI=1S/C10H16FN3O3/c1-3-10(4-2)16-7-6(5-13-14-12)15-9(11)8(7)17-10/h6-9H,3-5H2,1-2H3/t6-,7?,8?,9-/m1/s1. The minimum Gasteiger partial charge on any atom is -0.341 e. The number of hydrogen-bond donors (Lipinski definition) is 0. The van der Waals surface area contributed by atoms with Gasteiger partial charge >= 0.3 is 0 Å². The summed E-state index contributed by atoms with van der Waals surface area (Å²) in [6, 6.07) is 0. The van der Waals surface area contributed by atoms with Crippen molar-refractivity contribution in [1.82, 2.24) is 0 Å². The molecule has 6 nitrogen and oxygen atoms in total. The van der Waals surface area contributed by atoms with Gasteiger partial charge in [-0.05, 0) is 18.4 Å². The van der Waals surface area contributed by atoms with Crippen LogP contribution in [0, 0.1) is 0 Å². The molecule has 0 aromatic rings. The first-order chi connectivity index (χ1) is 8.15. The van der Waals surface area contributed by atoms with Crippen LogP contribution >= 0.6 is 0 Å². The smallest absolute Gasteiger partial charge is 0.228 e. The minimum absolute atomic E-state index is 0.0605. The number of fused-ring (bicyclic) bond motifs is 1. The van der Waals surface area contributed by atoms with E-state index in [1.807, 2.05) is 13.8 Å². The molecule has 2 heterocycles. The van der Waals surface area contributed by atoms with Crippen LogP contribution in [-0.4, -0.2) is 37.0 Å². The number of nitrogens with zero attached hydrogens (tertiary/aromatic N) is 3. The summed E-state index contributed by atoms with van der Waals surface area (Å²) in [6.45, 7) is 3.92. The lowest BCUT2D eigenvalue weighted by molar-refractivity contribution is -0.224. The molecular formula is C10H16FN3O3. The Morgan fingerprint density at radius 2 is 1.94 bits per heavy atom. The van der Waals surface area contributed by atoms with E-state index in [-0.39, 0.29) is 6.54 Å². The normalized spacial score (nSPS) is 38.8. The first-order valence-electron chi connectivity index (χ1n) is 5.82. The highest BCUT2D eigenvalue weighted by Crippen LogP contribution is 2.42. The van der Waals surface area contributed by atoms with Gasteiger partial charge in [-0.15, -0.1) is 0 Å². The van der Waals surface area contributed by atoms with Gasteiger partial charge < -0.3 is 14.2 Å². The summed E-state index contributed by atoms with van der Waals surface area (Å²) < 4.78 is 30.1. The van der Waals surface area contributed by atoms with Crippen molar-refractivity contribution in [3.8, 4) is 0 Å². The molecule has 2 aliphatic rings. The highest BCUT2D eigenvalue weighted by molar-refractivity contribution is 4.97. The van der Waals surface area contributed by atoms with E-state index in [2.05, 4.69) is 10.0 Å². The summed E-state index contributed by atoms with van der Waals surface area (Å²) in [5, 5.41) is 3.40. The fraction of sp³-hybridized carbons (Fsp3) is 1.00. The van der Waals surface area contributed by atoms with Gasteiger partial charge in [0.25, 0.3) is 0 Å². The molecule has 0 radical (unpaired) electrons. The molecule has 0 aliphatic carbocycles. The van der Waals surface area contributed by atoms with Crippen molar-refractivity contribution in [2.75, 3.05) is 6.54 Å². The Hall–Kier alpha value is -0.880. The van der Waals surface area contributed by atoms with Crippen molar-refractivity contribution in [1.29, 1.82) is 0 Å². The number of alkyl halides is 1. The third-order valence-corrected chi connectivity index (χ3v) is 3.36. The van der Waals surface area contributed by atoms with Crippen LogP contribution < -0.4 is 0 Å². The summed E-state index contributed by atoms with van der Waals surface area (Å²) in [5.74, 6) is -0.724. The molecule has 2 aliphatic heterocycles. The Balaban J connectivity index is 2.11.